The van der Waals surface area contributed by atoms with Crippen molar-refractivity contribution in [1.82, 2.24) is 5.32 Å². The molecule has 1 atom stereocenters. The zero-order chi connectivity index (χ0) is 15.0. The fraction of sp³-hybridized carbons (Fsp3) is 0.333. The summed E-state index contributed by atoms with van der Waals surface area (Å²) in [4.78, 5) is 22.7. The summed E-state index contributed by atoms with van der Waals surface area (Å²) in [5, 5.41) is 11.5. The number of carboxylic acid groups (broad SMARTS) is 1. The van der Waals surface area contributed by atoms with Gasteiger partial charge in [0.15, 0.2) is 0 Å². The Morgan fingerprint density at radius 2 is 2.20 bits per heavy atom. The minimum atomic E-state index is -1.00. The average molecular weight is 293 g/mol. The lowest BCUT2D eigenvalue weighted by atomic mass is 10.1. The Hall–Kier alpha value is -1.75. The molecule has 1 aromatic carbocycles. The predicted molar refractivity (Wildman–Crippen MR) is 82.8 cm³/mol. The summed E-state index contributed by atoms with van der Waals surface area (Å²) in [5.41, 5.74) is 2.02. The molecule has 2 N–H and O–H groups in total. The highest BCUT2D eigenvalue weighted by molar-refractivity contribution is 7.98. The van der Waals surface area contributed by atoms with Crippen molar-refractivity contribution < 1.29 is 14.7 Å². The van der Waals surface area contributed by atoms with E-state index in [1.165, 1.54) is 6.08 Å². The molecule has 20 heavy (non-hydrogen) atoms. The molecule has 0 saturated carbocycles. The fourth-order valence-electron chi connectivity index (χ4n) is 1.66. The normalized spacial score (nSPS) is 12.3. The van der Waals surface area contributed by atoms with Gasteiger partial charge in [0, 0.05) is 6.08 Å². The summed E-state index contributed by atoms with van der Waals surface area (Å²) in [6, 6.07) is 6.88. The molecule has 0 aliphatic carbocycles. The third-order valence-electron chi connectivity index (χ3n) is 2.69. The maximum atomic E-state index is 11.7. The van der Waals surface area contributed by atoms with E-state index in [0.717, 1.165) is 11.1 Å². The first-order valence-electron chi connectivity index (χ1n) is 6.30. The van der Waals surface area contributed by atoms with Gasteiger partial charge in [-0.1, -0.05) is 29.8 Å². The van der Waals surface area contributed by atoms with Crippen molar-refractivity contribution in [3.05, 3.63) is 41.5 Å². The Kier molecular flexibility index (Phi) is 6.87. The van der Waals surface area contributed by atoms with Crippen LogP contribution in [-0.2, 0) is 9.59 Å². The molecule has 1 unspecified atom stereocenters. The van der Waals surface area contributed by atoms with Gasteiger partial charge < -0.3 is 10.4 Å². The van der Waals surface area contributed by atoms with Crippen molar-refractivity contribution in [2.75, 3.05) is 12.0 Å². The second kappa shape index (κ2) is 8.43. The molecule has 0 heterocycles. The van der Waals surface area contributed by atoms with Crippen LogP contribution in [0.1, 0.15) is 17.5 Å². The van der Waals surface area contributed by atoms with Gasteiger partial charge >= 0.3 is 5.97 Å². The number of amides is 1. The van der Waals surface area contributed by atoms with Gasteiger partial charge in [-0.2, -0.15) is 11.8 Å². The summed E-state index contributed by atoms with van der Waals surface area (Å²) in [6.45, 7) is 1.97. The van der Waals surface area contributed by atoms with Crippen molar-refractivity contribution in [1.29, 1.82) is 0 Å². The number of benzene rings is 1. The first-order valence-corrected chi connectivity index (χ1v) is 7.69. The van der Waals surface area contributed by atoms with Gasteiger partial charge in [-0.3, -0.25) is 4.79 Å². The van der Waals surface area contributed by atoms with Gasteiger partial charge in [0.2, 0.25) is 5.91 Å². The van der Waals surface area contributed by atoms with E-state index in [0.29, 0.717) is 12.2 Å². The van der Waals surface area contributed by atoms with E-state index >= 15 is 0 Å². The highest BCUT2D eigenvalue weighted by Crippen LogP contribution is 2.06. The van der Waals surface area contributed by atoms with Crippen LogP contribution in [0.15, 0.2) is 30.3 Å². The lowest BCUT2D eigenvalue weighted by Crippen LogP contribution is -2.40. The molecule has 0 aromatic heterocycles. The van der Waals surface area contributed by atoms with Gasteiger partial charge in [0.05, 0.1) is 0 Å². The summed E-state index contributed by atoms with van der Waals surface area (Å²) in [7, 11) is 0. The molecule has 108 valence electrons. The van der Waals surface area contributed by atoms with E-state index in [9.17, 15) is 9.59 Å². The largest absolute Gasteiger partial charge is 0.480 e. The van der Waals surface area contributed by atoms with Crippen LogP contribution in [-0.4, -0.2) is 35.0 Å². The number of carbonyl (C=O) groups is 2. The van der Waals surface area contributed by atoms with Gasteiger partial charge in [-0.25, -0.2) is 4.79 Å². The second-order valence-corrected chi connectivity index (χ2v) is 5.41. The molecule has 0 spiro atoms. The number of rotatable bonds is 7. The van der Waals surface area contributed by atoms with E-state index in [4.69, 9.17) is 5.11 Å². The average Bonchev–Trinajstić information content (AvgIpc) is 2.41. The van der Waals surface area contributed by atoms with Gasteiger partial charge in [0.1, 0.15) is 6.04 Å². The quantitative estimate of drug-likeness (QED) is 0.757. The Morgan fingerprint density at radius 3 is 2.80 bits per heavy atom. The molecule has 1 amide bonds. The highest BCUT2D eigenvalue weighted by Gasteiger charge is 2.17. The molecular formula is C15H19NO3S. The van der Waals surface area contributed by atoms with E-state index < -0.39 is 12.0 Å². The number of aryl methyl sites for hydroxylation is 1. The summed E-state index contributed by atoms with van der Waals surface area (Å²) in [6.07, 6.45) is 5.36. The molecule has 0 fully saturated rings. The van der Waals surface area contributed by atoms with Crippen molar-refractivity contribution in [2.24, 2.45) is 0 Å². The standard InChI is InChI=1S/C15H19NO3S/c1-11-4-3-5-12(10-11)6-7-14(17)16-13(15(18)19)8-9-20-2/h3-7,10,13H,8-9H2,1-2H3,(H,16,17)(H,18,19)/b7-6+. The first kappa shape index (κ1) is 16.3. The van der Waals surface area contributed by atoms with E-state index in [2.05, 4.69) is 5.32 Å². The molecule has 0 saturated heterocycles. The molecule has 1 aromatic rings. The van der Waals surface area contributed by atoms with E-state index in [1.54, 1.807) is 17.8 Å². The van der Waals surface area contributed by atoms with Crippen LogP contribution >= 0.6 is 11.8 Å². The minimum Gasteiger partial charge on any atom is -0.480 e. The topological polar surface area (TPSA) is 66.4 Å². The third kappa shape index (κ3) is 5.93. The lowest BCUT2D eigenvalue weighted by Gasteiger charge is -2.12. The van der Waals surface area contributed by atoms with Crippen LogP contribution in [0.5, 0.6) is 0 Å². The van der Waals surface area contributed by atoms with Crippen molar-refractivity contribution in [3.8, 4) is 0 Å². The van der Waals surface area contributed by atoms with Crippen molar-refractivity contribution >= 4 is 29.7 Å². The maximum Gasteiger partial charge on any atom is 0.326 e. The highest BCUT2D eigenvalue weighted by atomic mass is 32.2. The monoisotopic (exact) mass is 293 g/mol. The summed E-state index contributed by atoms with van der Waals surface area (Å²) >= 11 is 1.55. The number of thioether (sulfide) groups is 1. The molecule has 0 aliphatic heterocycles. The lowest BCUT2D eigenvalue weighted by molar-refractivity contribution is -0.141. The smallest absolute Gasteiger partial charge is 0.326 e. The minimum absolute atomic E-state index is 0.389. The van der Waals surface area contributed by atoms with Crippen LogP contribution in [0.25, 0.3) is 6.08 Å². The third-order valence-corrected chi connectivity index (χ3v) is 3.34. The van der Waals surface area contributed by atoms with E-state index in [1.807, 2.05) is 37.4 Å². The molecule has 0 radical (unpaired) electrons. The van der Waals surface area contributed by atoms with Crippen molar-refractivity contribution in [3.63, 3.8) is 0 Å². The van der Waals surface area contributed by atoms with Gasteiger partial charge in [-0.05, 0) is 37.0 Å². The molecule has 4 nitrogen and oxygen atoms in total. The zero-order valence-electron chi connectivity index (χ0n) is 11.6. The van der Waals surface area contributed by atoms with E-state index in [-0.39, 0.29) is 5.91 Å². The Bertz CT molecular complexity index is 500. The van der Waals surface area contributed by atoms with Crippen LogP contribution in [0, 0.1) is 6.92 Å². The number of aliphatic carboxylic acids is 1. The molecule has 5 heteroatoms. The Labute approximate surface area is 123 Å². The SMILES string of the molecule is CSCCC(NC(=O)/C=C/c1cccc(C)c1)C(=O)O. The van der Waals surface area contributed by atoms with Crippen molar-refractivity contribution in [2.45, 2.75) is 19.4 Å². The number of carboxylic acids is 1. The summed E-state index contributed by atoms with van der Waals surface area (Å²) < 4.78 is 0. The summed E-state index contributed by atoms with van der Waals surface area (Å²) in [5.74, 6) is -0.699. The predicted octanol–water partition coefficient (Wildman–Crippen LogP) is 2.33. The van der Waals surface area contributed by atoms with Gasteiger partial charge in [0.25, 0.3) is 0 Å². The number of hydrogen-bond acceptors (Lipinski definition) is 3. The number of hydrogen-bond donors (Lipinski definition) is 2. The number of nitrogens with one attached hydrogen (secondary N) is 1. The maximum absolute atomic E-state index is 11.7. The Balaban J connectivity index is 2.59. The Morgan fingerprint density at radius 1 is 1.45 bits per heavy atom. The molecule has 0 aliphatic rings. The zero-order valence-corrected chi connectivity index (χ0v) is 12.4. The van der Waals surface area contributed by atoms with Crippen LogP contribution < -0.4 is 5.32 Å². The second-order valence-electron chi connectivity index (χ2n) is 4.43. The van der Waals surface area contributed by atoms with Crippen LogP contribution in [0.3, 0.4) is 0 Å². The van der Waals surface area contributed by atoms with Crippen LogP contribution in [0.2, 0.25) is 0 Å². The van der Waals surface area contributed by atoms with Crippen LogP contribution in [0.4, 0.5) is 0 Å². The molecule has 0 bridgehead atoms. The number of carbonyl (C=O) groups excluding carboxylic acids is 1. The molecule has 1 rings (SSSR count). The first-order chi connectivity index (χ1) is 9.52. The van der Waals surface area contributed by atoms with Gasteiger partial charge in [-0.15, -0.1) is 0 Å². The fourth-order valence-corrected chi connectivity index (χ4v) is 2.13. The molecular weight excluding hydrogens is 274 g/mol.